The van der Waals surface area contributed by atoms with Gasteiger partial charge in [-0.3, -0.25) is 9.78 Å². The lowest BCUT2D eigenvalue weighted by Crippen LogP contribution is -2.38. The summed E-state index contributed by atoms with van der Waals surface area (Å²) >= 11 is 0. The van der Waals surface area contributed by atoms with Crippen LogP contribution in [0.15, 0.2) is 47.4 Å². The summed E-state index contributed by atoms with van der Waals surface area (Å²) in [5.41, 5.74) is 2.78. The Balaban J connectivity index is 1.44. The van der Waals surface area contributed by atoms with Crippen LogP contribution in [-0.4, -0.2) is 43.5 Å². The van der Waals surface area contributed by atoms with Gasteiger partial charge in [-0.05, 0) is 30.9 Å². The van der Waals surface area contributed by atoms with Gasteiger partial charge in [0.2, 0.25) is 5.91 Å². The zero-order valence-corrected chi connectivity index (χ0v) is 15.2. The first-order chi connectivity index (χ1) is 13.2. The van der Waals surface area contributed by atoms with Crippen molar-refractivity contribution in [2.75, 3.05) is 6.54 Å². The van der Waals surface area contributed by atoms with Crippen LogP contribution in [0.4, 0.5) is 0 Å². The van der Waals surface area contributed by atoms with E-state index in [1.54, 1.807) is 18.6 Å². The van der Waals surface area contributed by atoms with Crippen molar-refractivity contribution in [1.82, 2.24) is 25.0 Å². The van der Waals surface area contributed by atoms with Gasteiger partial charge in [-0.25, -0.2) is 4.98 Å². The van der Waals surface area contributed by atoms with E-state index < -0.39 is 0 Å². The number of hydrogen-bond acceptors (Lipinski definition) is 6. The Kier molecular flexibility index (Phi) is 4.91. The number of carbonyl (C=O) groups excluding carboxylic acids is 1. The van der Waals surface area contributed by atoms with E-state index >= 15 is 0 Å². The van der Waals surface area contributed by atoms with Crippen molar-refractivity contribution in [3.8, 4) is 11.6 Å². The van der Waals surface area contributed by atoms with Crippen LogP contribution in [0.1, 0.15) is 29.8 Å². The van der Waals surface area contributed by atoms with Gasteiger partial charge in [0.25, 0.3) is 5.89 Å². The minimum Gasteiger partial charge on any atom is -0.339 e. The van der Waals surface area contributed by atoms with Gasteiger partial charge in [-0.15, -0.1) is 0 Å². The number of hydrogen-bond donors (Lipinski definition) is 0. The first-order valence-corrected chi connectivity index (χ1v) is 9.13. The van der Waals surface area contributed by atoms with Crippen molar-refractivity contribution in [2.24, 2.45) is 0 Å². The Hall–Kier alpha value is -3.09. The van der Waals surface area contributed by atoms with Crippen LogP contribution in [0.2, 0.25) is 0 Å². The average molecular weight is 363 g/mol. The Bertz CT molecular complexity index is 925. The lowest BCUT2D eigenvalue weighted by Gasteiger charge is -2.24. The summed E-state index contributed by atoms with van der Waals surface area (Å²) in [6.07, 6.45) is 7.74. The van der Waals surface area contributed by atoms with Crippen LogP contribution < -0.4 is 0 Å². The number of rotatable bonds is 5. The Morgan fingerprint density at radius 2 is 2.19 bits per heavy atom. The summed E-state index contributed by atoms with van der Waals surface area (Å²) in [5.74, 6) is 1.11. The number of nitrogens with zero attached hydrogens (tertiary/aromatic N) is 5. The number of amides is 1. The minimum absolute atomic E-state index is 0.105. The summed E-state index contributed by atoms with van der Waals surface area (Å²) in [6, 6.07) is 8.13. The van der Waals surface area contributed by atoms with E-state index in [0.717, 1.165) is 30.5 Å². The molecule has 7 nitrogen and oxygen atoms in total. The van der Waals surface area contributed by atoms with Crippen LogP contribution >= 0.6 is 0 Å². The van der Waals surface area contributed by atoms with Gasteiger partial charge < -0.3 is 9.42 Å². The van der Waals surface area contributed by atoms with Crippen molar-refractivity contribution in [3.63, 3.8) is 0 Å². The molecule has 3 aromatic rings. The van der Waals surface area contributed by atoms with E-state index in [4.69, 9.17) is 4.52 Å². The van der Waals surface area contributed by atoms with Gasteiger partial charge in [-0.2, -0.15) is 4.98 Å². The number of aromatic nitrogens is 4. The maximum atomic E-state index is 12.8. The molecular formula is C20H21N5O2. The molecule has 0 bridgehead atoms. The normalized spacial score (nSPS) is 16.6. The Morgan fingerprint density at radius 1 is 1.30 bits per heavy atom. The highest BCUT2D eigenvalue weighted by molar-refractivity contribution is 5.79. The fourth-order valence-electron chi connectivity index (χ4n) is 3.51. The molecule has 1 aliphatic rings. The van der Waals surface area contributed by atoms with Gasteiger partial charge in [0.05, 0.1) is 12.6 Å². The summed E-state index contributed by atoms with van der Waals surface area (Å²) < 4.78 is 5.30. The molecule has 0 N–H and O–H groups in total. The second kappa shape index (κ2) is 7.65. The van der Waals surface area contributed by atoms with E-state index in [9.17, 15) is 4.79 Å². The molecule has 0 radical (unpaired) electrons. The van der Waals surface area contributed by atoms with Gasteiger partial charge in [-0.1, -0.05) is 29.4 Å². The second-order valence-corrected chi connectivity index (χ2v) is 6.80. The fourth-order valence-corrected chi connectivity index (χ4v) is 3.51. The molecule has 0 aliphatic carbocycles. The van der Waals surface area contributed by atoms with E-state index in [-0.39, 0.29) is 11.9 Å². The van der Waals surface area contributed by atoms with Crippen LogP contribution in [0.3, 0.4) is 0 Å². The van der Waals surface area contributed by atoms with Gasteiger partial charge in [0, 0.05) is 31.4 Å². The molecule has 0 spiro atoms. The SMILES string of the molecule is Cc1ccccc1CC(=O)N1CCCC1Cc1noc(-c2cnccn2)n1. The van der Waals surface area contributed by atoms with Crippen molar-refractivity contribution in [2.45, 2.75) is 38.6 Å². The van der Waals surface area contributed by atoms with Crippen LogP contribution in [0, 0.1) is 6.92 Å². The maximum Gasteiger partial charge on any atom is 0.278 e. The molecule has 1 aromatic carbocycles. The van der Waals surface area contributed by atoms with Crippen molar-refractivity contribution in [1.29, 1.82) is 0 Å². The molecule has 2 aromatic heterocycles. The predicted octanol–water partition coefficient (Wildman–Crippen LogP) is 2.61. The molecule has 27 heavy (non-hydrogen) atoms. The molecule has 4 rings (SSSR count). The topological polar surface area (TPSA) is 85.0 Å². The minimum atomic E-state index is 0.105. The molecule has 1 amide bonds. The average Bonchev–Trinajstić information content (AvgIpc) is 3.34. The van der Waals surface area contributed by atoms with Crippen LogP contribution in [-0.2, 0) is 17.6 Å². The second-order valence-electron chi connectivity index (χ2n) is 6.80. The Morgan fingerprint density at radius 3 is 3.00 bits per heavy atom. The number of benzene rings is 1. The highest BCUT2D eigenvalue weighted by Crippen LogP contribution is 2.23. The monoisotopic (exact) mass is 363 g/mol. The van der Waals surface area contributed by atoms with E-state index in [1.165, 1.54) is 0 Å². The molecule has 1 saturated heterocycles. The third-order valence-corrected chi connectivity index (χ3v) is 4.97. The molecule has 138 valence electrons. The zero-order chi connectivity index (χ0) is 18.6. The third kappa shape index (κ3) is 3.86. The number of aryl methyl sites for hydroxylation is 1. The highest BCUT2D eigenvalue weighted by atomic mass is 16.5. The molecule has 7 heteroatoms. The molecule has 1 aliphatic heterocycles. The molecular weight excluding hydrogens is 342 g/mol. The first-order valence-electron chi connectivity index (χ1n) is 9.13. The summed E-state index contributed by atoms with van der Waals surface area (Å²) in [4.78, 5) is 27.4. The Labute approximate surface area is 157 Å². The quantitative estimate of drug-likeness (QED) is 0.693. The van der Waals surface area contributed by atoms with Gasteiger partial charge in [0.1, 0.15) is 5.69 Å². The zero-order valence-electron chi connectivity index (χ0n) is 15.2. The summed E-state index contributed by atoms with van der Waals surface area (Å²) in [5, 5.41) is 4.06. The maximum absolute atomic E-state index is 12.8. The lowest BCUT2D eigenvalue weighted by molar-refractivity contribution is -0.131. The number of carbonyl (C=O) groups is 1. The van der Waals surface area contributed by atoms with E-state index in [2.05, 4.69) is 20.1 Å². The lowest BCUT2D eigenvalue weighted by atomic mass is 10.0. The first kappa shape index (κ1) is 17.3. The van der Waals surface area contributed by atoms with Crippen LogP contribution in [0.5, 0.6) is 0 Å². The highest BCUT2D eigenvalue weighted by Gasteiger charge is 2.30. The van der Waals surface area contributed by atoms with Crippen molar-refractivity contribution >= 4 is 5.91 Å². The van der Waals surface area contributed by atoms with Crippen molar-refractivity contribution in [3.05, 3.63) is 59.8 Å². The largest absolute Gasteiger partial charge is 0.339 e. The molecule has 1 fully saturated rings. The fraction of sp³-hybridized carbons (Fsp3) is 0.350. The van der Waals surface area contributed by atoms with Gasteiger partial charge in [0.15, 0.2) is 5.82 Å². The van der Waals surface area contributed by atoms with Crippen molar-refractivity contribution < 1.29 is 9.32 Å². The van der Waals surface area contributed by atoms with E-state index in [1.807, 2.05) is 36.1 Å². The summed E-state index contributed by atoms with van der Waals surface area (Å²) in [6.45, 7) is 2.82. The number of likely N-dealkylation sites (tertiary alicyclic amines) is 1. The molecule has 1 unspecified atom stereocenters. The van der Waals surface area contributed by atoms with E-state index in [0.29, 0.717) is 30.3 Å². The summed E-state index contributed by atoms with van der Waals surface area (Å²) in [7, 11) is 0. The van der Waals surface area contributed by atoms with Gasteiger partial charge >= 0.3 is 0 Å². The predicted molar refractivity (Wildman–Crippen MR) is 98.6 cm³/mol. The molecule has 1 atom stereocenters. The molecule has 3 heterocycles. The standard InChI is InChI=1S/C20H21N5O2/c1-14-5-2-3-6-15(14)11-19(26)25-10-4-7-16(25)12-18-23-20(27-24-18)17-13-21-8-9-22-17/h2-3,5-6,8-9,13,16H,4,7,10-12H2,1H3. The third-order valence-electron chi connectivity index (χ3n) is 4.97. The smallest absolute Gasteiger partial charge is 0.278 e. The molecule has 0 saturated carbocycles. The van der Waals surface area contributed by atoms with Crippen LogP contribution in [0.25, 0.3) is 11.6 Å².